The second kappa shape index (κ2) is 6.50. The van der Waals surface area contributed by atoms with E-state index in [0.717, 1.165) is 24.1 Å². The molecule has 22 heavy (non-hydrogen) atoms. The Labute approximate surface area is 134 Å². The summed E-state index contributed by atoms with van der Waals surface area (Å²) in [7, 11) is 2.08. The van der Waals surface area contributed by atoms with Crippen LogP contribution in [0, 0.1) is 0 Å². The van der Waals surface area contributed by atoms with E-state index in [0.29, 0.717) is 6.42 Å². The van der Waals surface area contributed by atoms with Crippen molar-refractivity contribution < 1.29 is 9.90 Å². The molecular weight excluding hydrogens is 296 g/mol. The molecule has 5 heteroatoms. The molecule has 2 N–H and O–H groups in total. The second-order valence-corrected chi connectivity index (χ2v) is 6.47. The molecule has 0 bridgehead atoms. The maximum atomic E-state index is 11.9. The first-order chi connectivity index (χ1) is 10.6. The lowest BCUT2D eigenvalue weighted by Crippen LogP contribution is -2.29. The molecule has 2 aromatic rings. The minimum atomic E-state index is -0.664. The molecule has 1 amide bonds. The first-order valence-corrected chi connectivity index (χ1v) is 8.37. The van der Waals surface area contributed by atoms with Gasteiger partial charge in [-0.3, -0.25) is 4.79 Å². The molecule has 0 saturated carbocycles. The Kier molecular flexibility index (Phi) is 4.45. The molecule has 0 aliphatic carbocycles. The van der Waals surface area contributed by atoms with E-state index in [1.54, 1.807) is 11.3 Å². The average molecular weight is 316 g/mol. The van der Waals surface area contributed by atoms with Gasteiger partial charge in [0.25, 0.3) is 0 Å². The van der Waals surface area contributed by atoms with Gasteiger partial charge in [0.15, 0.2) is 0 Å². The van der Waals surface area contributed by atoms with Crippen LogP contribution in [0.25, 0.3) is 0 Å². The molecule has 1 aliphatic rings. The van der Waals surface area contributed by atoms with Gasteiger partial charge in [0, 0.05) is 25.8 Å². The molecule has 0 spiro atoms. The van der Waals surface area contributed by atoms with Gasteiger partial charge >= 0.3 is 0 Å². The summed E-state index contributed by atoms with van der Waals surface area (Å²) in [6.45, 7) is 1.27. The largest absolute Gasteiger partial charge is 0.387 e. The van der Waals surface area contributed by atoms with Crippen molar-refractivity contribution >= 4 is 22.9 Å². The SMILES string of the molecule is CN1CCc2cc([C@@H](O)CNC(=O)Cc3ccsc3)ccc21. The normalized spacial score (nSPS) is 14.7. The van der Waals surface area contributed by atoms with Gasteiger partial charge in [0.1, 0.15) is 0 Å². The third-order valence-electron chi connectivity index (χ3n) is 4.05. The zero-order valence-corrected chi connectivity index (χ0v) is 13.4. The molecule has 0 saturated heterocycles. The minimum absolute atomic E-state index is 0.0571. The van der Waals surface area contributed by atoms with E-state index >= 15 is 0 Å². The summed E-state index contributed by atoms with van der Waals surface area (Å²) in [5.41, 5.74) is 4.38. The number of likely N-dealkylation sites (N-methyl/N-ethyl adjacent to an activating group) is 1. The number of amides is 1. The third-order valence-corrected chi connectivity index (χ3v) is 4.79. The van der Waals surface area contributed by atoms with E-state index < -0.39 is 6.10 Å². The lowest BCUT2D eigenvalue weighted by molar-refractivity contribution is -0.120. The van der Waals surface area contributed by atoms with Gasteiger partial charge in [0.2, 0.25) is 5.91 Å². The predicted molar refractivity (Wildman–Crippen MR) is 89.4 cm³/mol. The number of rotatable bonds is 5. The summed E-state index contributed by atoms with van der Waals surface area (Å²) in [5, 5.41) is 17.0. The monoisotopic (exact) mass is 316 g/mol. The van der Waals surface area contributed by atoms with Crippen molar-refractivity contribution in [3.63, 3.8) is 0 Å². The number of hydrogen-bond donors (Lipinski definition) is 2. The summed E-state index contributed by atoms with van der Waals surface area (Å²) in [6, 6.07) is 7.98. The van der Waals surface area contributed by atoms with Crippen molar-refractivity contribution in [3.05, 3.63) is 51.7 Å². The van der Waals surface area contributed by atoms with E-state index in [1.165, 1.54) is 11.3 Å². The maximum Gasteiger partial charge on any atom is 0.224 e. The number of aliphatic hydroxyl groups excluding tert-OH is 1. The van der Waals surface area contributed by atoms with E-state index in [9.17, 15) is 9.90 Å². The fraction of sp³-hybridized carbons (Fsp3) is 0.353. The minimum Gasteiger partial charge on any atom is -0.387 e. The molecule has 1 aromatic carbocycles. The van der Waals surface area contributed by atoms with Crippen LogP contribution >= 0.6 is 11.3 Å². The molecule has 0 radical (unpaired) electrons. The van der Waals surface area contributed by atoms with Crippen LogP contribution in [0.3, 0.4) is 0 Å². The summed E-state index contributed by atoms with van der Waals surface area (Å²) in [4.78, 5) is 14.1. The Morgan fingerprint density at radius 2 is 2.32 bits per heavy atom. The quantitative estimate of drug-likeness (QED) is 0.888. The molecular formula is C17H20N2O2S. The van der Waals surface area contributed by atoms with Gasteiger partial charge in [-0.1, -0.05) is 12.1 Å². The van der Waals surface area contributed by atoms with Crippen molar-refractivity contribution in [2.75, 3.05) is 25.0 Å². The van der Waals surface area contributed by atoms with Crippen molar-refractivity contribution in [2.45, 2.75) is 18.9 Å². The van der Waals surface area contributed by atoms with Crippen molar-refractivity contribution in [1.82, 2.24) is 5.32 Å². The molecule has 1 aromatic heterocycles. The molecule has 4 nitrogen and oxygen atoms in total. The molecule has 3 rings (SSSR count). The van der Waals surface area contributed by atoms with Gasteiger partial charge in [-0.15, -0.1) is 0 Å². The number of carbonyl (C=O) groups is 1. The number of carbonyl (C=O) groups excluding carboxylic acids is 1. The standard InChI is InChI=1S/C17H20N2O2S/c1-19-6-4-13-9-14(2-3-15(13)19)16(20)10-18-17(21)8-12-5-7-22-11-12/h2-3,5,7,9,11,16,20H,4,6,8,10H2,1H3,(H,18,21)/t16-/m0/s1. The Morgan fingerprint density at radius 1 is 1.45 bits per heavy atom. The van der Waals surface area contributed by atoms with Crippen LogP contribution in [0.1, 0.15) is 22.8 Å². The molecule has 1 aliphatic heterocycles. The van der Waals surface area contributed by atoms with Crippen LogP contribution in [0.2, 0.25) is 0 Å². The van der Waals surface area contributed by atoms with Gasteiger partial charge in [-0.25, -0.2) is 0 Å². The predicted octanol–water partition coefficient (Wildman–Crippen LogP) is 2.13. The van der Waals surface area contributed by atoms with Crippen LogP contribution < -0.4 is 10.2 Å². The second-order valence-electron chi connectivity index (χ2n) is 5.69. The van der Waals surface area contributed by atoms with Crippen molar-refractivity contribution in [1.29, 1.82) is 0 Å². The highest BCUT2D eigenvalue weighted by Crippen LogP contribution is 2.29. The number of anilines is 1. The number of fused-ring (bicyclic) bond motifs is 1. The first kappa shape index (κ1) is 15.1. The van der Waals surface area contributed by atoms with Gasteiger partial charge in [0.05, 0.1) is 12.5 Å². The van der Waals surface area contributed by atoms with Crippen LogP contribution in [0.5, 0.6) is 0 Å². The number of aliphatic hydroxyl groups is 1. The number of nitrogens with zero attached hydrogens (tertiary/aromatic N) is 1. The Hall–Kier alpha value is -1.85. The highest BCUT2D eigenvalue weighted by molar-refractivity contribution is 7.07. The number of benzene rings is 1. The molecule has 0 unspecified atom stereocenters. The smallest absolute Gasteiger partial charge is 0.224 e. The number of hydrogen-bond acceptors (Lipinski definition) is 4. The third kappa shape index (κ3) is 3.31. The Bertz CT molecular complexity index is 655. The van der Waals surface area contributed by atoms with Crippen LogP contribution in [0.15, 0.2) is 35.0 Å². The zero-order chi connectivity index (χ0) is 15.5. The lowest BCUT2D eigenvalue weighted by atomic mass is 10.0. The fourth-order valence-corrected chi connectivity index (χ4v) is 3.43. The zero-order valence-electron chi connectivity index (χ0n) is 12.6. The number of thiophene rings is 1. The molecule has 1 atom stereocenters. The molecule has 0 fully saturated rings. The molecule has 116 valence electrons. The van der Waals surface area contributed by atoms with E-state index in [-0.39, 0.29) is 12.5 Å². The summed E-state index contributed by atoms with van der Waals surface area (Å²) in [5.74, 6) is -0.0571. The average Bonchev–Trinajstić information content (AvgIpc) is 3.15. The van der Waals surface area contributed by atoms with E-state index in [4.69, 9.17) is 0 Å². The Balaban J connectivity index is 1.56. The fourth-order valence-electron chi connectivity index (χ4n) is 2.76. The summed E-state index contributed by atoms with van der Waals surface area (Å²) >= 11 is 1.58. The van der Waals surface area contributed by atoms with Crippen LogP contribution in [-0.2, 0) is 17.6 Å². The highest BCUT2D eigenvalue weighted by Gasteiger charge is 2.18. The summed E-state index contributed by atoms with van der Waals surface area (Å²) in [6.07, 6.45) is 0.713. The van der Waals surface area contributed by atoms with Crippen LogP contribution in [0.4, 0.5) is 5.69 Å². The van der Waals surface area contributed by atoms with E-state index in [2.05, 4.69) is 23.3 Å². The van der Waals surface area contributed by atoms with Gasteiger partial charge in [-0.2, -0.15) is 11.3 Å². The number of nitrogens with one attached hydrogen (secondary N) is 1. The highest BCUT2D eigenvalue weighted by atomic mass is 32.1. The first-order valence-electron chi connectivity index (χ1n) is 7.43. The molecule has 2 heterocycles. The van der Waals surface area contributed by atoms with Gasteiger partial charge < -0.3 is 15.3 Å². The van der Waals surface area contributed by atoms with E-state index in [1.807, 2.05) is 29.0 Å². The Morgan fingerprint density at radius 3 is 3.09 bits per heavy atom. The lowest BCUT2D eigenvalue weighted by Gasteiger charge is -2.15. The topological polar surface area (TPSA) is 52.6 Å². The van der Waals surface area contributed by atoms with Crippen molar-refractivity contribution in [2.24, 2.45) is 0 Å². The summed E-state index contributed by atoms with van der Waals surface area (Å²) < 4.78 is 0. The maximum absolute atomic E-state index is 11.9. The van der Waals surface area contributed by atoms with Crippen molar-refractivity contribution in [3.8, 4) is 0 Å². The van der Waals surface area contributed by atoms with Crippen LogP contribution in [-0.4, -0.2) is 31.2 Å². The van der Waals surface area contributed by atoms with Gasteiger partial charge in [-0.05, 0) is 46.0 Å².